The topological polar surface area (TPSA) is 90.1 Å². The molecule has 0 spiro atoms. The molecule has 1 unspecified atom stereocenters. The number of alkyl halides is 3. The Labute approximate surface area is 206 Å². The third kappa shape index (κ3) is 4.68. The zero-order chi connectivity index (χ0) is 25.5. The minimum absolute atomic E-state index is 0.00422. The lowest BCUT2D eigenvalue weighted by Gasteiger charge is -2.22. The van der Waals surface area contributed by atoms with Crippen molar-refractivity contribution < 1.29 is 22.8 Å². The minimum Gasteiger partial charge on any atom is -0.394 e. The number of aryl methyl sites for hydroxylation is 2. The van der Waals surface area contributed by atoms with E-state index in [0.717, 1.165) is 26.9 Å². The Hall–Kier alpha value is -3.43. The molecule has 4 aromatic rings. The van der Waals surface area contributed by atoms with E-state index in [9.17, 15) is 18.3 Å². The zero-order valence-electron chi connectivity index (χ0n) is 19.8. The number of rotatable bonds is 7. The number of nitrogens with two attached hydrogens (primary N) is 1. The molecule has 0 radical (unpaired) electrons. The van der Waals surface area contributed by atoms with E-state index in [1.165, 1.54) is 6.20 Å². The summed E-state index contributed by atoms with van der Waals surface area (Å²) in [7, 11) is 0. The summed E-state index contributed by atoms with van der Waals surface area (Å²) in [6, 6.07) is 14.9. The number of benzene rings is 2. The molecule has 188 valence electrons. The second kappa shape index (κ2) is 9.22. The van der Waals surface area contributed by atoms with Crippen LogP contribution in [-0.2, 0) is 32.0 Å². The van der Waals surface area contributed by atoms with E-state index in [0.29, 0.717) is 36.9 Å². The second-order valence-electron chi connectivity index (χ2n) is 9.69. The first-order chi connectivity index (χ1) is 17.2. The Morgan fingerprint density at radius 1 is 1.06 bits per heavy atom. The number of halogens is 3. The molecule has 36 heavy (non-hydrogen) atoms. The van der Waals surface area contributed by atoms with E-state index in [4.69, 9.17) is 10.3 Å². The maximum absolute atomic E-state index is 14.2. The largest absolute Gasteiger partial charge is 0.433 e. The first kappa shape index (κ1) is 24.3. The smallest absolute Gasteiger partial charge is 0.394 e. The molecule has 3 N–H and O–H groups in total. The summed E-state index contributed by atoms with van der Waals surface area (Å²) >= 11 is 0. The van der Waals surface area contributed by atoms with Crippen molar-refractivity contribution in [2.45, 2.75) is 50.9 Å². The zero-order valence-corrected chi connectivity index (χ0v) is 19.8. The molecule has 2 aromatic heterocycles. The molecule has 0 fully saturated rings. The van der Waals surface area contributed by atoms with Crippen LogP contribution in [0.2, 0.25) is 0 Å². The van der Waals surface area contributed by atoms with E-state index in [1.54, 1.807) is 24.3 Å². The number of aliphatic hydroxyl groups is 1. The summed E-state index contributed by atoms with van der Waals surface area (Å²) in [6.07, 6.45) is -0.882. The first-order valence-corrected chi connectivity index (χ1v) is 11.8. The van der Waals surface area contributed by atoms with Gasteiger partial charge in [-0.25, -0.2) is 0 Å². The average molecular weight is 497 g/mol. The van der Waals surface area contributed by atoms with Gasteiger partial charge in [0, 0.05) is 16.7 Å². The molecule has 1 atom stereocenters. The van der Waals surface area contributed by atoms with Crippen molar-refractivity contribution in [3.8, 4) is 22.6 Å². The number of aliphatic hydroxyl groups excluding tert-OH is 1. The van der Waals surface area contributed by atoms with Crippen LogP contribution in [0.5, 0.6) is 0 Å². The highest BCUT2D eigenvalue weighted by atomic mass is 19.4. The molecule has 1 aliphatic carbocycles. The standard InChI is InChI=1S/C27H27F3N4O2/c1-26(31,16-35)12-11-17-7-9-20-19(13-17)8-10-21-23(20)33-36-24(21)22-14-32-34(25(22)27(28,29)30)15-18-5-3-2-4-6-18/h2-7,9,13-14,35H,8,10-12,15-16,31H2,1H3. The molecule has 0 saturated carbocycles. The number of fused-ring (bicyclic) bond motifs is 3. The third-order valence-corrected chi connectivity index (χ3v) is 6.73. The fraction of sp³-hybridized carbons (Fsp3) is 0.333. The third-order valence-electron chi connectivity index (χ3n) is 6.73. The molecular formula is C27H27F3N4O2. The lowest BCUT2D eigenvalue weighted by Crippen LogP contribution is -2.40. The van der Waals surface area contributed by atoms with Crippen LogP contribution in [0.15, 0.2) is 59.3 Å². The summed E-state index contributed by atoms with van der Waals surface area (Å²) in [5.41, 5.74) is 9.43. The van der Waals surface area contributed by atoms with E-state index in [2.05, 4.69) is 16.3 Å². The maximum Gasteiger partial charge on any atom is 0.433 e. The molecule has 0 aliphatic heterocycles. The summed E-state index contributed by atoms with van der Waals surface area (Å²) in [4.78, 5) is 0. The summed E-state index contributed by atoms with van der Waals surface area (Å²) in [6.45, 7) is 1.71. The quantitative estimate of drug-likeness (QED) is 0.375. The lowest BCUT2D eigenvalue weighted by atomic mass is 9.86. The van der Waals surface area contributed by atoms with Gasteiger partial charge in [-0.05, 0) is 49.3 Å². The summed E-state index contributed by atoms with van der Waals surface area (Å²) < 4.78 is 49.1. The number of hydrogen-bond acceptors (Lipinski definition) is 5. The van der Waals surface area contributed by atoms with Gasteiger partial charge in [-0.1, -0.05) is 53.7 Å². The van der Waals surface area contributed by atoms with E-state index in [-0.39, 0.29) is 24.5 Å². The predicted octanol–water partition coefficient (Wildman–Crippen LogP) is 5.01. The fourth-order valence-electron chi connectivity index (χ4n) is 4.70. The lowest BCUT2D eigenvalue weighted by molar-refractivity contribution is -0.143. The van der Waals surface area contributed by atoms with Crippen molar-refractivity contribution in [1.29, 1.82) is 0 Å². The number of aromatic nitrogens is 3. The van der Waals surface area contributed by atoms with E-state index >= 15 is 0 Å². The predicted molar refractivity (Wildman–Crippen MR) is 129 cm³/mol. The maximum atomic E-state index is 14.2. The van der Waals surface area contributed by atoms with Crippen LogP contribution in [-0.4, -0.2) is 32.2 Å². The summed E-state index contributed by atoms with van der Waals surface area (Å²) in [5.74, 6) is 0.119. The van der Waals surface area contributed by atoms with E-state index in [1.807, 2.05) is 25.1 Å². The molecule has 0 saturated heterocycles. The molecule has 9 heteroatoms. The molecule has 0 amide bonds. The normalized spacial score (nSPS) is 14.8. The van der Waals surface area contributed by atoms with Gasteiger partial charge < -0.3 is 15.4 Å². The van der Waals surface area contributed by atoms with Crippen molar-refractivity contribution in [3.05, 3.63) is 82.7 Å². The first-order valence-electron chi connectivity index (χ1n) is 11.8. The molecule has 5 rings (SSSR count). The van der Waals surface area contributed by atoms with Crippen LogP contribution in [0.1, 0.15) is 41.3 Å². The Bertz CT molecular complexity index is 1370. The summed E-state index contributed by atoms with van der Waals surface area (Å²) in [5, 5.41) is 17.6. The Balaban J connectivity index is 1.48. The fourth-order valence-corrected chi connectivity index (χ4v) is 4.70. The Morgan fingerprint density at radius 2 is 1.83 bits per heavy atom. The average Bonchev–Trinajstić information content (AvgIpc) is 3.47. The van der Waals surface area contributed by atoms with Crippen LogP contribution in [0.4, 0.5) is 13.2 Å². The van der Waals surface area contributed by atoms with Crippen LogP contribution < -0.4 is 5.73 Å². The molecule has 1 aliphatic rings. The number of nitrogens with zero attached hydrogens (tertiary/aromatic N) is 3. The van der Waals surface area contributed by atoms with Gasteiger partial charge in [0.1, 0.15) is 5.69 Å². The molecule has 0 bridgehead atoms. The minimum atomic E-state index is -4.62. The Kier molecular flexibility index (Phi) is 6.22. The van der Waals surface area contributed by atoms with Gasteiger partial charge in [0.25, 0.3) is 0 Å². The van der Waals surface area contributed by atoms with Gasteiger partial charge in [-0.15, -0.1) is 0 Å². The Morgan fingerprint density at radius 3 is 2.56 bits per heavy atom. The highest BCUT2D eigenvalue weighted by molar-refractivity contribution is 5.77. The van der Waals surface area contributed by atoms with Crippen LogP contribution in [0.25, 0.3) is 22.6 Å². The van der Waals surface area contributed by atoms with Crippen LogP contribution in [0, 0.1) is 0 Å². The SMILES string of the molecule is CC(N)(CO)CCc1ccc2c(c1)CCc1c-2noc1-c1cnn(Cc2ccccc2)c1C(F)(F)F. The van der Waals surface area contributed by atoms with Gasteiger partial charge in [0.05, 0.1) is 24.9 Å². The molecule has 6 nitrogen and oxygen atoms in total. The van der Waals surface area contributed by atoms with E-state index < -0.39 is 17.4 Å². The van der Waals surface area contributed by atoms with Crippen molar-refractivity contribution in [3.63, 3.8) is 0 Å². The van der Waals surface area contributed by atoms with Gasteiger partial charge in [-0.2, -0.15) is 18.3 Å². The van der Waals surface area contributed by atoms with Crippen LogP contribution >= 0.6 is 0 Å². The van der Waals surface area contributed by atoms with Crippen LogP contribution in [0.3, 0.4) is 0 Å². The van der Waals surface area contributed by atoms with Crippen molar-refractivity contribution in [1.82, 2.24) is 14.9 Å². The van der Waals surface area contributed by atoms with Gasteiger partial charge in [-0.3, -0.25) is 4.68 Å². The highest BCUT2D eigenvalue weighted by Gasteiger charge is 2.41. The highest BCUT2D eigenvalue weighted by Crippen LogP contribution is 2.43. The van der Waals surface area contributed by atoms with Gasteiger partial charge >= 0.3 is 6.18 Å². The van der Waals surface area contributed by atoms with Gasteiger partial charge in [0.15, 0.2) is 11.5 Å². The van der Waals surface area contributed by atoms with Crippen molar-refractivity contribution in [2.24, 2.45) is 5.73 Å². The van der Waals surface area contributed by atoms with Crippen molar-refractivity contribution >= 4 is 0 Å². The molecular weight excluding hydrogens is 469 g/mol. The van der Waals surface area contributed by atoms with Crippen molar-refractivity contribution in [2.75, 3.05) is 6.61 Å². The monoisotopic (exact) mass is 496 g/mol. The van der Waals surface area contributed by atoms with Gasteiger partial charge in [0.2, 0.25) is 0 Å². The second-order valence-corrected chi connectivity index (χ2v) is 9.69. The number of hydrogen-bond donors (Lipinski definition) is 2. The molecule has 2 heterocycles. The molecule has 2 aromatic carbocycles.